The summed E-state index contributed by atoms with van der Waals surface area (Å²) in [7, 11) is 1.69. The molecule has 16 heavy (non-hydrogen) atoms. The van der Waals surface area contributed by atoms with Crippen LogP contribution in [0.3, 0.4) is 0 Å². The van der Waals surface area contributed by atoms with Crippen molar-refractivity contribution < 1.29 is 9.47 Å². The van der Waals surface area contributed by atoms with E-state index in [1.54, 1.807) is 7.11 Å². The first-order valence-electron chi connectivity index (χ1n) is 5.99. The van der Waals surface area contributed by atoms with Gasteiger partial charge in [0.1, 0.15) is 0 Å². The highest BCUT2D eigenvalue weighted by molar-refractivity contribution is 5.79. The normalized spacial score (nSPS) is 21.1. The molecule has 0 bridgehead atoms. The Balaban J connectivity index is 2.25. The second kappa shape index (κ2) is 8.35. The predicted octanol–water partition coefficient (Wildman–Crippen LogP) is 0.367. The fraction of sp³-hybridized carbons (Fsp3) is 0.909. The molecule has 0 aromatic rings. The van der Waals surface area contributed by atoms with Gasteiger partial charge in [-0.15, -0.1) is 0 Å². The summed E-state index contributed by atoms with van der Waals surface area (Å²) in [6.45, 7) is 6.00. The lowest BCUT2D eigenvalue weighted by molar-refractivity contribution is 0.117. The first-order valence-corrected chi connectivity index (χ1v) is 5.99. The van der Waals surface area contributed by atoms with Gasteiger partial charge in [-0.25, -0.2) is 0 Å². The van der Waals surface area contributed by atoms with Crippen molar-refractivity contribution in [2.75, 3.05) is 40.0 Å². The number of ether oxygens (including phenoxy) is 2. The van der Waals surface area contributed by atoms with E-state index in [-0.39, 0.29) is 0 Å². The van der Waals surface area contributed by atoms with E-state index in [4.69, 9.17) is 9.47 Å². The van der Waals surface area contributed by atoms with Crippen LogP contribution in [0.5, 0.6) is 0 Å². The van der Waals surface area contributed by atoms with Gasteiger partial charge in [0.05, 0.1) is 19.3 Å². The first kappa shape index (κ1) is 13.3. The van der Waals surface area contributed by atoms with Gasteiger partial charge in [-0.3, -0.25) is 4.99 Å². The number of nitrogens with one attached hydrogen (secondary N) is 2. The van der Waals surface area contributed by atoms with E-state index in [2.05, 4.69) is 22.5 Å². The predicted molar refractivity (Wildman–Crippen MR) is 64.8 cm³/mol. The van der Waals surface area contributed by atoms with Crippen molar-refractivity contribution in [2.24, 2.45) is 4.99 Å². The fourth-order valence-electron chi connectivity index (χ4n) is 1.59. The van der Waals surface area contributed by atoms with E-state index in [1.807, 2.05) is 0 Å². The summed E-state index contributed by atoms with van der Waals surface area (Å²) in [5, 5.41) is 6.40. The van der Waals surface area contributed by atoms with Crippen LogP contribution in [0, 0.1) is 0 Å². The van der Waals surface area contributed by atoms with Crippen LogP contribution in [-0.4, -0.2) is 52.0 Å². The van der Waals surface area contributed by atoms with Crippen molar-refractivity contribution in [1.82, 2.24) is 10.6 Å². The third-order valence-electron chi connectivity index (χ3n) is 2.42. The van der Waals surface area contributed by atoms with Gasteiger partial charge in [0.15, 0.2) is 5.96 Å². The van der Waals surface area contributed by atoms with Crippen molar-refractivity contribution in [3.05, 3.63) is 0 Å². The maximum atomic E-state index is 5.52. The monoisotopic (exact) mass is 229 g/mol. The summed E-state index contributed by atoms with van der Waals surface area (Å²) in [4.78, 5) is 4.48. The van der Waals surface area contributed by atoms with Gasteiger partial charge in [0.25, 0.3) is 0 Å². The Kier molecular flexibility index (Phi) is 6.92. The van der Waals surface area contributed by atoms with Crippen LogP contribution in [0.2, 0.25) is 0 Å². The average Bonchev–Trinajstić information content (AvgIpc) is 2.79. The van der Waals surface area contributed by atoms with Gasteiger partial charge in [-0.1, -0.05) is 0 Å². The first-order chi connectivity index (χ1) is 7.86. The zero-order valence-electron chi connectivity index (χ0n) is 10.3. The van der Waals surface area contributed by atoms with Crippen LogP contribution in [0.25, 0.3) is 0 Å². The second-order valence-electron chi connectivity index (χ2n) is 3.77. The molecule has 5 nitrogen and oxygen atoms in total. The summed E-state index contributed by atoms with van der Waals surface area (Å²) in [5.41, 5.74) is 0. The number of hydrogen-bond donors (Lipinski definition) is 2. The molecule has 5 heteroatoms. The molecule has 0 spiro atoms. The van der Waals surface area contributed by atoms with E-state index in [1.165, 1.54) is 0 Å². The van der Waals surface area contributed by atoms with Crippen molar-refractivity contribution >= 4 is 5.96 Å². The third-order valence-corrected chi connectivity index (χ3v) is 2.42. The van der Waals surface area contributed by atoms with E-state index in [9.17, 15) is 0 Å². The number of rotatable bonds is 6. The van der Waals surface area contributed by atoms with Crippen molar-refractivity contribution in [2.45, 2.75) is 25.9 Å². The minimum Gasteiger partial charge on any atom is -0.383 e. The maximum Gasteiger partial charge on any atom is 0.191 e. The molecule has 94 valence electrons. The minimum absolute atomic E-state index is 0.304. The lowest BCUT2D eigenvalue weighted by atomic mass is 10.2. The van der Waals surface area contributed by atoms with E-state index in [0.29, 0.717) is 12.7 Å². The Labute approximate surface area is 97.6 Å². The van der Waals surface area contributed by atoms with Crippen LogP contribution < -0.4 is 10.6 Å². The lowest BCUT2D eigenvalue weighted by Gasteiger charge is -2.12. The molecule has 1 aliphatic heterocycles. The number of guanidine groups is 1. The van der Waals surface area contributed by atoms with Crippen LogP contribution in [0.15, 0.2) is 4.99 Å². The average molecular weight is 229 g/mol. The summed E-state index contributed by atoms with van der Waals surface area (Å²) < 4.78 is 10.5. The molecule has 1 fully saturated rings. The molecule has 2 N–H and O–H groups in total. The molecule has 0 aromatic carbocycles. The topological polar surface area (TPSA) is 54.9 Å². The minimum atomic E-state index is 0.304. The standard InChI is InChI=1S/C11H23N3O2/c1-3-12-11(13-6-8-15-2)14-9-10-5-4-7-16-10/h10H,3-9H2,1-2H3,(H2,12,13,14). The highest BCUT2D eigenvalue weighted by atomic mass is 16.5. The molecule has 1 heterocycles. The summed E-state index contributed by atoms with van der Waals surface area (Å²) in [6.07, 6.45) is 2.59. The van der Waals surface area contributed by atoms with Crippen LogP contribution >= 0.6 is 0 Å². The molecular formula is C11H23N3O2. The largest absolute Gasteiger partial charge is 0.383 e. The molecule has 1 aliphatic rings. The van der Waals surface area contributed by atoms with Gasteiger partial charge in [0.2, 0.25) is 0 Å². The molecule has 1 atom stereocenters. The van der Waals surface area contributed by atoms with E-state index < -0.39 is 0 Å². The van der Waals surface area contributed by atoms with E-state index in [0.717, 1.165) is 45.0 Å². The molecule has 1 saturated heterocycles. The zero-order chi connectivity index (χ0) is 11.6. The highest BCUT2D eigenvalue weighted by Crippen LogP contribution is 2.11. The Morgan fingerprint density at radius 3 is 3.00 bits per heavy atom. The van der Waals surface area contributed by atoms with Crippen molar-refractivity contribution in [3.63, 3.8) is 0 Å². The number of aliphatic imine (C=N–C) groups is 1. The Morgan fingerprint density at radius 2 is 2.38 bits per heavy atom. The molecule has 0 aliphatic carbocycles. The fourth-order valence-corrected chi connectivity index (χ4v) is 1.59. The van der Waals surface area contributed by atoms with Crippen molar-refractivity contribution in [1.29, 1.82) is 0 Å². The van der Waals surface area contributed by atoms with Crippen LogP contribution in [0.1, 0.15) is 19.8 Å². The number of methoxy groups -OCH3 is 1. The SMILES string of the molecule is CCNC(=NCC1CCCO1)NCCOC. The number of hydrogen-bond acceptors (Lipinski definition) is 3. The summed E-state index contributed by atoms with van der Waals surface area (Å²) >= 11 is 0. The van der Waals surface area contributed by atoms with Gasteiger partial charge in [-0.2, -0.15) is 0 Å². The second-order valence-corrected chi connectivity index (χ2v) is 3.77. The van der Waals surface area contributed by atoms with Gasteiger partial charge < -0.3 is 20.1 Å². The smallest absolute Gasteiger partial charge is 0.191 e. The molecule has 1 rings (SSSR count). The molecule has 0 amide bonds. The molecule has 0 radical (unpaired) electrons. The van der Waals surface area contributed by atoms with Crippen molar-refractivity contribution in [3.8, 4) is 0 Å². The summed E-state index contributed by atoms with van der Waals surface area (Å²) in [6, 6.07) is 0. The van der Waals surface area contributed by atoms with Crippen LogP contribution in [-0.2, 0) is 9.47 Å². The van der Waals surface area contributed by atoms with Gasteiger partial charge >= 0.3 is 0 Å². The Hall–Kier alpha value is -0.810. The zero-order valence-corrected chi connectivity index (χ0v) is 10.3. The highest BCUT2D eigenvalue weighted by Gasteiger charge is 2.14. The van der Waals surface area contributed by atoms with Crippen LogP contribution in [0.4, 0.5) is 0 Å². The Morgan fingerprint density at radius 1 is 1.50 bits per heavy atom. The Bertz CT molecular complexity index is 203. The van der Waals surface area contributed by atoms with Gasteiger partial charge in [-0.05, 0) is 19.8 Å². The van der Waals surface area contributed by atoms with E-state index >= 15 is 0 Å². The maximum absolute atomic E-state index is 5.52. The molecule has 0 saturated carbocycles. The third kappa shape index (κ3) is 5.32. The van der Waals surface area contributed by atoms with Gasteiger partial charge in [0, 0.05) is 26.8 Å². The lowest BCUT2D eigenvalue weighted by Crippen LogP contribution is -2.39. The quantitative estimate of drug-likeness (QED) is 0.392. The number of nitrogens with zero attached hydrogens (tertiary/aromatic N) is 1. The summed E-state index contributed by atoms with van der Waals surface area (Å²) in [5.74, 6) is 0.843. The molecule has 0 aromatic heterocycles. The molecular weight excluding hydrogens is 206 g/mol. The molecule has 1 unspecified atom stereocenters.